The molecule has 4 aromatic heterocycles. The molecule has 6 rings (SSSR count). The molecule has 0 unspecified atom stereocenters. The SMILES string of the molecule is COc1cccc2nc3n4ccnc4n4c5cccc(I)c5[n+](C)c4n3c12. The van der Waals surface area contributed by atoms with E-state index in [2.05, 4.69) is 66.2 Å². The zero-order valence-corrected chi connectivity index (χ0v) is 16.7. The summed E-state index contributed by atoms with van der Waals surface area (Å²) in [5, 5.41) is 0. The van der Waals surface area contributed by atoms with E-state index in [-0.39, 0.29) is 0 Å². The Labute approximate surface area is 166 Å². The number of nitrogens with zero attached hydrogens (tertiary/aromatic N) is 6. The molecule has 0 saturated heterocycles. The number of hydrogen-bond donors (Lipinski definition) is 0. The number of ether oxygens (including phenoxy) is 1. The molecule has 2 aromatic carbocycles. The summed E-state index contributed by atoms with van der Waals surface area (Å²) < 4.78 is 15.4. The fourth-order valence-corrected chi connectivity index (χ4v) is 4.88. The maximum atomic E-state index is 5.67. The normalized spacial score (nSPS) is 12.3. The molecular formula is C19H14IN6O+. The number of imidazole rings is 3. The van der Waals surface area contributed by atoms with Gasteiger partial charge in [0.05, 0.1) is 17.7 Å². The fraction of sp³-hybridized carbons (Fsp3) is 0.105. The van der Waals surface area contributed by atoms with Gasteiger partial charge in [-0.1, -0.05) is 12.1 Å². The number of benzene rings is 2. The second-order valence-corrected chi connectivity index (χ2v) is 7.64. The Morgan fingerprint density at radius 2 is 1.93 bits per heavy atom. The number of methoxy groups -OCH3 is 1. The van der Waals surface area contributed by atoms with E-state index >= 15 is 0 Å². The van der Waals surface area contributed by atoms with E-state index in [1.165, 1.54) is 3.57 Å². The molecule has 8 heteroatoms. The molecule has 0 aliphatic rings. The highest BCUT2D eigenvalue weighted by molar-refractivity contribution is 14.1. The van der Waals surface area contributed by atoms with Crippen LogP contribution >= 0.6 is 22.6 Å². The van der Waals surface area contributed by atoms with Gasteiger partial charge in [0.1, 0.15) is 5.52 Å². The number of rotatable bonds is 1. The molecule has 7 nitrogen and oxygen atoms in total. The predicted molar refractivity (Wildman–Crippen MR) is 110 cm³/mol. The van der Waals surface area contributed by atoms with Crippen LogP contribution < -0.4 is 9.30 Å². The van der Waals surface area contributed by atoms with Crippen LogP contribution in [0.1, 0.15) is 0 Å². The van der Waals surface area contributed by atoms with Crippen LogP contribution in [0.3, 0.4) is 0 Å². The zero-order chi connectivity index (χ0) is 18.3. The Hall–Kier alpha value is -2.88. The zero-order valence-electron chi connectivity index (χ0n) is 14.6. The number of para-hydroxylation sites is 2. The summed E-state index contributed by atoms with van der Waals surface area (Å²) in [6.45, 7) is 0. The fourth-order valence-electron chi connectivity index (χ4n) is 4.04. The molecule has 0 fully saturated rings. The third kappa shape index (κ3) is 1.73. The van der Waals surface area contributed by atoms with Crippen molar-refractivity contribution in [3.63, 3.8) is 0 Å². The van der Waals surface area contributed by atoms with Crippen molar-refractivity contribution >= 4 is 62.0 Å². The van der Waals surface area contributed by atoms with E-state index in [0.29, 0.717) is 0 Å². The maximum absolute atomic E-state index is 5.67. The van der Waals surface area contributed by atoms with Crippen molar-refractivity contribution < 1.29 is 9.30 Å². The predicted octanol–water partition coefficient (Wildman–Crippen LogP) is 2.98. The quantitative estimate of drug-likeness (QED) is 0.275. The van der Waals surface area contributed by atoms with E-state index in [0.717, 1.165) is 45.1 Å². The minimum absolute atomic E-state index is 0.793. The van der Waals surface area contributed by atoms with Gasteiger partial charge in [0.15, 0.2) is 22.3 Å². The Kier molecular flexibility index (Phi) is 2.87. The second-order valence-electron chi connectivity index (χ2n) is 6.47. The van der Waals surface area contributed by atoms with E-state index < -0.39 is 0 Å². The molecular weight excluding hydrogens is 455 g/mol. The van der Waals surface area contributed by atoms with E-state index in [1.54, 1.807) is 7.11 Å². The third-order valence-corrected chi connectivity index (χ3v) is 5.99. The summed E-state index contributed by atoms with van der Waals surface area (Å²) in [7, 11) is 3.78. The molecule has 27 heavy (non-hydrogen) atoms. The molecule has 0 spiro atoms. The molecule has 132 valence electrons. The van der Waals surface area contributed by atoms with Gasteiger partial charge in [-0.05, 0) is 46.9 Å². The van der Waals surface area contributed by atoms with Crippen molar-refractivity contribution in [2.24, 2.45) is 7.05 Å². The molecule has 0 aliphatic carbocycles. The van der Waals surface area contributed by atoms with Crippen LogP contribution in [-0.2, 0) is 7.05 Å². The Bertz CT molecular complexity index is 1540. The molecule has 0 amide bonds. The minimum Gasteiger partial charge on any atom is -0.493 e. The average molecular weight is 469 g/mol. The summed E-state index contributed by atoms with van der Waals surface area (Å²) in [5.41, 5.74) is 4.10. The van der Waals surface area contributed by atoms with Crippen LogP contribution in [0.15, 0.2) is 48.8 Å². The van der Waals surface area contributed by atoms with Crippen molar-refractivity contribution in [1.29, 1.82) is 0 Å². The topological polar surface area (TPSA) is 52.1 Å². The number of halogens is 1. The molecule has 6 aromatic rings. The van der Waals surface area contributed by atoms with Gasteiger partial charge in [-0.15, -0.1) is 0 Å². The van der Waals surface area contributed by atoms with Crippen LogP contribution in [0.4, 0.5) is 0 Å². The molecule has 0 bridgehead atoms. The first kappa shape index (κ1) is 15.2. The minimum atomic E-state index is 0.793. The lowest BCUT2D eigenvalue weighted by molar-refractivity contribution is -0.621. The van der Waals surface area contributed by atoms with Crippen LogP contribution in [0.25, 0.3) is 39.4 Å². The van der Waals surface area contributed by atoms with Gasteiger partial charge in [-0.3, -0.25) is 0 Å². The molecule has 4 heterocycles. The van der Waals surface area contributed by atoms with Gasteiger partial charge in [0.2, 0.25) is 0 Å². The third-order valence-electron chi connectivity index (χ3n) is 5.12. The van der Waals surface area contributed by atoms with Crippen LogP contribution in [0, 0.1) is 3.57 Å². The van der Waals surface area contributed by atoms with Crippen LogP contribution in [0.2, 0.25) is 0 Å². The lowest BCUT2D eigenvalue weighted by atomic mass is 10.3. The van der Waals surface area contributed by atoms with Gasteiger partial charge < -0.3 is 4.74 Å². The molecule has 0 N–H and O–H groups in total. The largest absolute Gasteiger partial charge is 0.493 e. The number of fused-ring (bicyclic) bond motifs is 10. The van der Waals surface area contributed by atoms with Crippen molar-refractivity contribution in [2.45, 2.75) is 0 Å². The van der Waals surface area contributed by atoms with Gasteiger partial charge in [0.25, 0.3) is 11.6 Å². The van der Waals surface area contributed by atoms with Crippen molar-refractivity contribution in [3.05, 3.63) is 52.4 Å². The van der Waals surface area contributed by atoms with Gasteiger partial charge in [0, 0.05) is 12.4 Å². The van der Waals surface area contributed by atoms with E-state index in [9.17, 15) is 0 Å². The first-order valence-corrected chi connectivity index (χ1v) is 9.57. The highest BCUT2D eigenvalue weighted by Gasteiger charge is 2.28. The Morgan fingerprint density at radius 1 is 1.07 bits per heavy atom. The first-order chi connectivity index (χ1) is 13.2. The second kappa shape index (κ2) is 5.10. The van der Waals surface area contributed by atoms with Gasteiger partial charge >= 0.3 is 5.78 Å². The maximum Gasteiger partial charge on any atom is 0.380 e. The molecule has 0 radical (unpaired) electrons. The molecule has 0 aliphatic heterocycles. The van der Waals surface area contributed by atoms with E-state index in [1.807, 2.05) is 35.0 Å². The van der Waals surface area contributed by atoms with Crippen LogP contribution in [-0.4, -0.2) is 30.3 Å². The Balaban J connectivity index is 2.08. The molecule has 0 atom stereocenters. The summed E-state index contributed by atoms with van der Waals surface area (Å²) in [6.07, 6.45) is 3.76. The summed E-state index contributed by atoms with van der Waals surface area (Å²) in [6, 6.07) is 12.3. The lowest BCUT2D eigenvalue weighted by Gasteiger charge is -2.02. The molecule has 0 saturated carbocycles. The Morgan fingerprint density at radius 3 is 2.78 bits per heavy atom. The number of hydrogen-bond acceptors (Lipinski definition) is 3. The highest BCUT2D eigenvalue weighted by Crippen LogP contribution is 2.30. The lowest BCUT2D eigenvalue weighted by Crippen LogP contribution is -2.30. The summed E-state index contributed by atoms with van der Waals surface area (Å²) >= 11 is 2.38. The summed E-state index contributed by atoms with van der Waals surface area (Å²) in [5.74, 6) is 3.42. The standard InChI is InChI=1S/C19H14IN6O/c1-23-15-11(20)5-3-7-13(15)25-17-21-9-10-24(17)18-22-12-6-4-8-14(27-2)16(12)26(18)19(23)25/h3-10H,1-2H3/q+1. The number of aromatic nitrogens is 6. The van der Waals surface area contributed by atoms with Crippen molar-refractivity contribution in [3.8, 4) is 5.75 Å². The van der Waals surface area contributed by atoms with Gasteiger partial charge in [-0.25, -0.2) is 14.0 Å². The summed E-state index contributed by atoms with van der Waals surface area (Å²) in [4.78, 5) is 9.51. The monoisotopic (exact) mass is 469 g/mol. The van der Waals surface area contributed by atoms with Gasteiger partial charge in [-0.2, -0.15) is 13.8 Å². The van der Waals surface area contributed by atoms with Crippen molar-refractivity contribution in [2.75, 3.05) is 7.11 Å². The first-order valence-electron chi connectivity index (χ1n) is 8.49. The highest BCUT2D eigenvalue weighted by atomic mass is 127. The average Bonchev–Trinajstić information content (AvgIpc) is 3.36. The van der Waals surface area contributed by atoms with Crippen LogP contribution in [0.5, 0.6) is 5.75 Å². The smallest absolute Gasteiger partial charge is 0.380 e. The number of aryl methyl sites for hydroxylation is 1. The van der Waals surface area contributed by atoms with E-state index in [4.69, 9.17) is 9.72 Å². The van der Waals surface area contributed by atoms with Crippen molar-refractivity contribution in [1.82, 2.24) is 23.2 Å².